The lowest BCUT2D eigenvalue weighted by atomic mass is 9.76. The van der Waals surface area contributed by atoms with Crippen LogP contribution in [0.2, 0.25) is 10.0 Å². The molecule has 1 aliphatic heterocycles. The molecule has 0 saturated heterocycles. The second kappa shape index (κ2) is 9.72. The molecule has 9 heteroatoms. The summed E-state index contributed by atoms with van der Waals surface area (Å²) < 4.78 is 12.5. The Hall–Kier alpha value is -2.74. The summed E-state index contributed by atoms with van der Waals surface area (Å²) in [6.07, 6.45) is 5.18. The third kappa shape index (κ3) is 4.48. The Balaban J connectivity index is 1.48. The fourth-order valence-electron chi connectivity index (χ4n) is 4.94. The quantitative estimate of drug-likeness (QED) is 0.183. The van der Waals surface area contributed by atoms with Crippen LogP contribution in [0.1, 0.15) is 35.1 Å². The van der Waals surface area contributed by atoms with Gasteiger partial charge in [0.2, 0.25) is 0 Å². The topological polar surface area (TPSA) is 73.6 Å². The maximum atomic E-state index is 11.7. The number of halogens is 3. The van der Waals surface area contributed by atoms with E-state index in [0.29, 0.717) is 27.2 Å². The summed E-state index contributed by atoms with van der Waals surface area (Å²) in [5.41, 5.74) is 3.36. The predicted molar refractivity (Wildman–Crippen MR) is 141 cm³/mol. The van der Waals surface area contributed by atoms with E-state index in [2.05, 4.69) is 33.4 Å². The van der Waals surface area contributed by atoms with E-state index in [1.165, 1.54) is 6.07 Å². The van der Waals surface area contributed by atoms with Gasteiger partial charge in [0.15, 0.2) is 11.5 Å². The normalized spacial score (nSPS) is 20.1. The first-order valence-electron chi connectivity index (χ1n) is 11.0. The largest absolute Gasteiger partial charge is 0.493 e. The summed E-state index contributed by atoms with van der Waals surface area (Å²) >= 11 is 15.9. The number of hydrogen-bond donors (Lipinski definition) is 1. The molecule has 3 aromatic rings. The Morgan fingerprint density at radius 2 is 2.03 bits per heavy atom. The number of hydrogen-bond acceptors (Lipinski definition) is 5. The van der Waals surface area contributed by atoms with Crippen LogP contribution in [-0.4, -0.2) is 12.0 Å². The molecule has 35 heavy (non-hydrogen) atoms. The second-order valence-electron chi connectivity index (χ2n) is 8.53. The summed E-state index contributed by atoms with van der Waals surface area (Å²) in [5, 5.41) is 16.3. The van der Waals surface area contributed by atoms with Crippen LogP contribution < -0.4 is 14.8 Å². The van der Waals surface area contributed by atoms with Crippen molar-refractivity contribution in [2.75, 3.05) is 12.4 Å². The van der Waals surface area contributed by atoms with Crippen molar-refractivity contribution >= 4 is 50.5 Å². The maximum absolute atomic E-state index is 11.7. The molecule has 0 unspecified atom stereocenters. The Morgan fingerprint density at radius 1 is 1.20 bits per heavy atom. The van der Waals surface area contributed by atoms with Crippen LogP contribution in [0, 0.1) is 16.0 Å². The van der Waals surface area contributed by atoms with Crippen LogP contribution in [0.5, 0.6) is 11.5 Å². The minimum absolute atomic E-state index is 0.0806. The van der Waals surface area contributed by atoms with Gasteiger partial charge in [0.1, 0.15) is 12.3 Å². The van der Waals surface area contributed by atoms with E-state index in [4.69, 9.17) is 32.7 Å². The van der Waals surface area contributed by atoms with E-state index in [9.17, 15) is 10.1 Å². The van der Waals surface area contributed by atoms with E-state index in [0.717, 1.165) is 27.6 Å². The number of nitrogens with zero attached hydrogens (tertiary/aromatic N) is 1. The molecule has 3 atom stereocenters. The molecule has 180 valence electrons. The Kier molecular flexibility index (Phi) is 6.66. The van der Waals surface area contributed by atoms with E-state index in [1.54, 1.807) is 25.3 Å². The van der Waals surface area contributed by atoms with E-state index in [-0.39, 0.29) is 35.1 Å². The molecule has 0 aromatic heterocycles. The van der Waals surface area contributed by atoms with Crippen molar-refractivity contribution in [1.82, 2.24) is 0 Å². The van der Waals surface area contributed by atoms with Gasteiger partial charge in [-0.25, -0.2) is 0 Å². The molecule has 5 rings (SSSR count). The van der Waals surface area contributed by atoms with Gasteiger partial charge in [-0.1, -0.05) is 53.6 Å². The minimum Gasteiger partial charge on any atom is -0.493 e. The molecule has 0 spiro atoms. The summed E-state index contributed by atoms with van der Waals surface area (Å²) in [6, 6.07) is 14.3. The van der Waals surface area contributed by atoms with E-state index >= 15 is 0 Å². The molecular formula is C26H21BrCl2N2O4. The van der Waals surface area contributed by atoms with Gasteiger partial charge in [-0.15, -0.1) is 0 Å². The first-order chi connectivity index (χ1) is 16.9. The zero-order chi connectivity index (χ0) is 24.7. The first-order valence-corrected chi connectivity index (χ1v) is 12.6. The summed E-state index contributed by atoms with van der Waals surface area (Å²) in [7, 11) is 1.59. The van der Waals surface area contributed by atoms with E-state index < -0.39 is 0 Å². The number of rotatable bonds is 6. The van der Waals surface area contributed by atoms with Gasteiger partial charge in [-0.2, -0.15) is 0 Å². The molecule has 6 nitrogen and oxygen atoms in total. The van der Waals surface area contributed by atoms with Crippen LogP contribution in [0.3, 0.4) is 0 Å². The highest BCUT2D eigenvalue weighted by Crippen LogP contribution is 2.53. The van der Waals surface area contributed by atoms with E-state index in [1.807, 2.05) is 24.3 Å². The van der Waals surface area contributed by atoms with Crippen molar-refractivity contribution in [1.29, 1.82) is 0 Å². The number of ether oxygens (including phenoxy) is 2. The highest BCUT2D eigenvalue weighted by Gasteiger charge is 2.40. The zero-order valence-corrected chi connectivity index (χ0v) is 21.7. The Bertz CT molecular complexity index is 1350. The van der Waals surface area contributed by atoms with Gasteiger partial charge >= 0.3 is 0 Å². The van der Waals surface area contributed by atoms with Crippen LogP contribution in [0.4, 0.5) is 11.4 Å². The van der Waals surface area contributed by atoms with Gasteiger partial charge < -0.3 is 14.8 Å². The van der Waals surface area contributed by atoms with Gasteiger partial charge in [-0.3, -0.25) is 10.1 Å². The van der Waals surface area contributed by atoms with Crippen molar-refractivity contribution in [2.24, 2.45) is 5.92 Å². The zero-order valence-electron chi connectivity index (χ0n) is 18.6. The molecule has 0 bridgehead atoms. The number of benzene rings is 3. The third-order valence-electron chi connectivity index (χ3n) is 6.57. The van der Waals surface area contributed by atoms with Crippen molar-refractivity contribution < 1.29 is 14.4 Å². The number of methoxy groups -OCH3 is 1. The highest BCUT2D eigenvalue weighted by molar-refractivity contribution is 9.10. The van der Waals surface area contributed by atoms with Crippen molar-refractivity contribution in [3.8, 4) is 11.5 Å². The number of nitro groups is 1. The fraction of sp³-hybridized carbons (Fsp3) is 0.231. The molecule has 0 amide bonds. The number of anilines is 1. The average Bonchev–Trinajstić information content (AvgIpc) is 3.33. The summed E-state index contributed by atoms with van der Waals surface area (Å²) in [6.45, 7) is 0.236. The molecule has 1 N–H and O–H groups in total. The first kappa shape index (κ1) is 24.0. The predicted octanol–water partition coefficient (Wildman–Crippen LogP) is 8.08. The maximum Gasteiger partial charge on any atom is 0.292 e. The number of allylic oxidation sites excluding steroid dienone is 2. The second-order valence-corrected chi connectivity index (χ2v) is 10.2. The molecule has 0 saturated carbocycles. The summed E-state index contributed by atoms with van der Waals surface area (Å²) in [5.74, 6) is 1.42. The molecule has 1 aliphatic carbocycles. The van der Waals surface area contributed by atoms with Crippen molar-refractivity contribution in [2.45, 2.75) is 25.0 Å². The minimum atomic E-state index is -0.336. The Labute approximate surface area is 221 Å². The van der Waals surface area contributed by atoms with Crippen LogP contribution >= 0.6 is 39.1 Å². The Morgan fingerprint density at radius 3 is 2.77 bits per heavy atom. The van der Waals surface area contributed by atoms with Gasteiger partial charge in [0.25, 0.3) is 5.69 Å². The number of fused-ring (bicyclic) bond motifs is 3. The van der Waals surface area contributed by atoms with Crippen LogP contribution in [0.15, 0.2) is 65.2 Å². The SMILES string of the molecule is COc1cc([C@@H]2Nc3c(cccc3[N+](=O)[O-])[C@H]3C=CC[C@@H]32)cc(Br)c1OCc1ccc(Cl)cc1Cl. The molecule has 3 aromatic carbocycles. The molecule has 0 radical (unpaired) electrons. The molecular weight excluding hydrogens is 555 g/mol. The molecule has 0 fully saturated rings. The summed E-state index contributed by atoms with van der Waals surface area (Å²) in [4.78, 5) is 11.4. The third-order valence-corrected chi connectivity index (χ3v) is 7.75. The monoisotopic (exact) mass is 574 g/mol. The highest BCUT2D eigenvalue weighted by atomic mass is 79.9. The lowest BCUT2D eigenvalue weighted by Gasteiger charge is -2.37. The molecule has 1 heterocycles. The van der Waals surface area contributed by atoms with Crippen LogP contribution in [-0.2, 0) is 6.61 Å². The van der Waals surface area contributed by atoms with Crippen molar-refractivity contribution in [3.05, 3.63) is 102 Å². The standard InChI is InChI=1S/C26H21BrCl2N2O4/c1-34-23-11-15(10-20(27)26(23)35-13-14-8-9-16(28)12-21(14)29)24-18-5-2-4-17(18)19-6-3-7-22(31(32)33)25(19)30-24/h2-4,6-12,17-18,24,30H,5,13H2,1H3/t17-,18-,24-/m0/s1. The smallest absolute Gasteiger partial charge is 0.292 e. The lowest BCUT2D eigenvalue weighted by molar-refractivity contribution is -0.384. The van der Waals surface area contributed by atoms with Crippen molar-refractivity contribution in [3.63, 3.8) is 0 Å². The molecule has 2 aliphatic rings. The lowest BCUT2D eigenvalue weighted by Crippen LogP contribution is -2.29. The average molecular weight is 576 g/mol. The number of nitrogens with one attached hydrogen (secondary N) is 1. The number of para-hydroxylation sites is 1. The fourth-order valence-corrected chi connectivity index (χ4v) is 5.97. The van der Waals surface area contributed by atoms with Crippen LogP contribution in [0.25, 0.3) is 0 Å². The van der Waals surface area contributed by atoms with Gasteiger partial charge in [-0.05, 0) is 63.7 Å². The number of nitro benzene ring substituents is 1. The van der Waals surface area contributed by atoms with Gasteiger partial charge in [0.05, 0.1) is 22.5 Å². The van der Waals surface area contributed by atoms with Gasteiger partial charge in [0, 0.05) is 27.6 Å².